The van der Waals surface area contributed by atoms with Crippen LogP contribution in [0.15, 0.2) is 53.7 Å². The maximum absolute atomic E-state index is 12.3. The summed E-state index contributed by atoms with van der Waals surface area (Å²) in [5.74, 6) is 6.03. The molecule has 0 atom stereocenters. The van der Waals surface area contributed by atoms with Crippen molar-refractivity contribution in [3.63, 3.8) is 0 Å². The molecule has 0 unspecified atom stereocenters. The molecule has 0 aliphatic heterocycles. The number of carbonyl (C=O) groups is 2. The van der Waals surface area contributed by atoms with Crippen LogP contribution in [-0.2, 0) is 14.9 Å². The number of ether oxygens (including phenoxy) is 1. The number of benzene rings is 2. The van der Waals surface area contributed by atoms with Crippen molar-refractivity contribution in [2.24, 2.45) is 0 Å². The van der Waals surface area contributed by atoms with Gasteiger partial charge in [0.05, 0.1) is 18.4 Å². The number of nitrogen functional groups attached to an aromatic ring is 1. The lowest BCUT2D eigenvalue weighted by Crippen LogP contribution is -2.16. The van der Waals surface area contributed by atoms with E-state index in [0.717, 1.165) is 5.56 Å². The highest BCUT2D eigenvalue weighted by Crippen LogP contribution is 2.26. The first-order valence-electron chi connectivity index (χ1n) is 9.61. The second-order valence-electron chi connectivity index (χ2n) is 7.91. The molecule has 1 amide bonds. The third-order valence-corrected chi connectivity index (χ3v) is 5.52. The van der Waals surface area contributed by atoms with E-state index in [4.69, 9.17) is 5.84 Å². The summed E-state index contributed by atoms with van der Waals surface area (Å²) in [6.45, 7) is 6.46. The lowest BCUT2D eigenvalue weighted by Gasteiger charge is -2.19. The Labute approximate surface area is 185 Å². The molecule has 3 rings (SSSR count). The maximum atomic E-state index is 12.3. The Hall–Kier alpha value is -3.33. The molecule has 3 aromatic rings. The number of nitrogens with two attached hydrogens (primary N) is 1. The van der Waals surface area contributed by atoms with Gasteiger partial charge < -0.3 is 15.9 Å². The Balaban J connectivity index is 1.64. The molecule has 1 aromatic heterocycles. The third kappa shape index (κ3) is 5.43. The number of esters is 1. The average Bonchev–Trinajstić information content (AvgIpc) is 3.11. The van der Waals surface area contributed by atoms with E-state index in [9.17, 15) is 9.59 Å². The van der Waals surface area contributed by atoms with E-state index in [-0.39, 0.29) is 17.1 Å². The third-order valence-electron chi connectivity index (χ3n) is 4.57. The maximum Gasteiger partial charge on any atom is 0.337 e. The van der Waals surface area contributed by atoms with Gasteiger partial charge in [-0.15, -0.1) is 10.2 Å². The molecule has 3 N–H and O–H groups in total. The van der Waals surface area contributed by atoms with Crippen molar-refractivity contribution in [2.45, 2.75) is 31.3 Å². The zero-order chi connectivity index (χ0) is 22.6. The lowest BCUT2D eigenvalue weighted by atomic mass is 9.87. The first kappa shape index (κ1) is 22.4. The number of thioether (sulfide) groups is 1. The van der Waals surface area contributed by atoms with E-state index in [1.165, 1.54) is 29.1 Å². The molecule has 2 aromatic carbocycles. The average molecular weight is 440 g/mol. The summed E-state index contributed by atoms with van der Waals surface area (Å²) in [6, 6.07) is 14.6. The van der Waals surface area contributed by atoms with Gasteiger partial charge in [0.25, 0.3) is 0 Å². The minimum absolute atomic E-state index is 0.0552. The highest BCUT2D eigenvalue weighted by atomic mass is 32.2. The van der Waals surface area contributed by atoms with Gasteiger partial charge in [-0.05, 0) is 29.2 Å². The van der Waals surface area contributed by atoms with Crippen LogP contribution in [0.25, 0.3) is 11.4 Å². The van der Waals surface area contributed by atoms with Gasteiger partial charge in [0.15, 0.2) is 5.82 Å². The Morgan fingerprint density at radius 3 is 2.48 bits per heavy atom. The van der Waals surface area contributed by atoms with Gasteiger partial charge in [-0.3, -0.25) is 4.79 Å². The topological polar surface area (TPSA) is 112 Å². The molecular weight excluding hydrogens is 414 g/mol. The number of nitrogens with zero attached hydrogens (tertiary/aromatic N) is 3. The monoisotopic (exact) mass is 439 g/mol. The summed E-state index contributed by atoms with van der Waals surface area (Å²) in [7, 11) is 1.31. The van der Waals surface area contributed by atoms with Crippen LogP contribution in [0.1, 0.15) is 36.7 Å². The standard InChI is InChI=1S/C22H25N5O3S/c1-22(2,3)16-10-8-14(9-11-16)19-25-26-21(27(19)23)31-13-18(28)24-17-7-5-6-15(12-17)20(29)30-4/h5-12H,13,23H2,1-4H3,(H,24,28). The Morgan fingerprint density at radius 2 is 1.84 bits per heavy atom. The van der Waals surface area contributed by atoms with Crippen molar-refractivity contribution < 1.29 is 14.3 Å². The van der Waals surface area contributed by atoms with Crippen LogP contribution >= 0.6 is 11.8 Å². The predicted molar refractivity (Wildman–Crippen MR) is 121 cm³/mol. The van der Waals surface area contributed by atoms with E-state index >= 15 is 0 Å². The Bertz CT molecular complexity index is 1090. The van der Waals surface area contributed by atoms with Crippen molar-refractivity contribution in [1.29, 1.82) is 0 Å². The summed E-state index contributed by atoms with van der Waals surface area (Å²) < 4.78 is 6.07. The summed E-state index contributed by atoms with van der Waals surface area (Å²) >= 11 is 1.17. The summed E-state index contributed by atoms with van der Waals surface area (Å²) in [4.78, 5) is 23.9. The van der Waals surface area contributed by atoms with Crippen molar-refractivity contribution in [2.75, 3.05) is 24.0 Å². The van der Waals surface area contributed by atoms with E-state index in [1.54, 1.807) is 24.3 Å². The lowest BCUT2D eigenvalue weighted by molar-refractivity contribution is -0.113. The second kappa shape index (κ2) is 9.22. The number of rotatable bonds is 6. The Kier molecular flexibility index (Phi) is 6.65. The molecule has 162 valence electrons. The van der Waals surface area contributed by atoms with Crippen LogP contribution in [0.2, 0.25) is 0 Å². The van der Waals surface area contributed by atoms with Crippen LogP contribution in [0.3, 0.4) is 0 Å². The number of aromatic nitrogens is 3. The van der Waals surface area contributed by atoms with Crippen LogP contribution in [0, 0.1) is 0 Å². The SMILES string of the molecule is COC(=O)c1cccc(NC(=O)CSc2nnc(-c3ccc(C(C)(C)C)cc3)n2N)c1. The number of hydrogen-bond acceptors (Lipinski definition) is 7. The largest absolute Gasteiger partial charge is 0.465 e. The summed E-state index contributed by atoms with van der Waals surface area (Å²) in [5.41, 5.74) is 2.97. The molecule has 0 spiro atoms. The molecule has 1 heterocycles. The molecule has 0 aliphatic rings. The van der Waals surface area contributed by atoms with Gasteiger partial charge in [-0.25, -0.2) is 9.47 Å². The van der Waals surface area contributed by atoms with Gasteiger partial charge >= 0.3 is 5.97 Å². The highest BCUT2D eigenvalue weighted by molar-refractivity contribution is 7.99. The number of hydrogen-bond donors (Lipinski definition) is 2. The van der Waals surface area contributed by atoms with Crippen LogP contribution in [0.4, 0.5) is 5.69 Å². The first-order chi connectivity index (χ1) is 14.7. The molecule has 0 radical (unpaired) electrons. The fraction of sp³-hybridized carbons (Fsp3) is 0.273. The normalized spacial score (nSPS) is 11.2. The van der Waals surface area contributed by atoms with Crippen molar-refractivity contribution >= 4 is 29.3 Å². The van der Waals surface area contributed by atoms with E-state index in [2.05, 4.69) is 41.0 Å². The number of anilines is 1. The molecular formula is C22H25N5O3S. The zero-order valence-corrected chi connectivity index (χ0v) is 18.7. The molecule has 0 bridgehead atoms. The molecule has 0 saturated heterocycles. The van der Waals surface area contributed by atoms with Crippen molar-refractivity contribution in [3.05, 3.63) is 59.7 Å². The molecule has 31 heavy (non-hydrogen) atoms. The fourth-order valence-electron chi connectivity index (χ4n) is 2.86. The number of nitrogens with one attached hydrogen (secondary N) is 1. The van der Waals surface area contributed by atoms with Gasteiger partial charge in [0.2, 0.25) is 11.1 Å². The van der Waals surface area contributed by atoms with Gasteiger partial charge in [0.1, 0.15) is 0 Å². The minimum Gasteiger partial charge on any atom is -0.465 e. The van der Waals surface area contributed by atoms with Gasteiger partial charge in [0, 0.05) is 11.3 Å². The van der Waals surface area contributed by atoms with Crippen LogP contribution < -0.4 is 11.2 Å². The Morgan fingerprint density at radius 1 is 1.13 bits per heavy atom. The number of amides is 1. The van der Waals surface area contributed by atoms with Crippen molar-refractivity contribution in [1.82, 2.24) is 14.9 Å². The smallest absolute Gasteiger partial charge is 0.337 e. The van der Waals surface area contributed by atoms with E-state index in [1.807, 2.05) is 24.3 Å². The minimum atomic E-state index is -0.468. The number of carbonyl (C=O) groups excluding carboxylic acids is 2. The predicted octanol–water partition coefficient (Wildman–Crippen LogP) is 3.47. The van der Waals surface area contributed by atoms with Crippen LogP contribution in [0.5, 0.6) is 0 Å². The van der Waals surface area contributed by atoms with E-state index in [0.29, 0.717) is 22.2 Å². The quantitative estimate of drug-likeness (QED) is 0.343. The van der Waals surface area contributed by atoms with Crippen LogP contribution in [-0.4, -0.2) is 39.6 Å². The fourth-order valence-corrected chi connectivity index (χ4v) is 3.52. The second-order valence-corrected chi connectivity index (χ2v) is 8.86. The van der Waals surface area contributed by atoms with Gasteiger partial charge in [-0.1, -0.05) is 62.9 Å². The molecule has 8 nitrogen and oxygen atoms in total. The van der Waals surface area contributed by atoms with E-state index < -0.39 is 5.97 Å². The van der Waals surface area contributed by atoms with Crippen molar-refractivity contribution in [3.8, 4) is 11.4 Å². The molecule has 0 fully saturated rings. The van der Waals surface area contributed by atoms with Gasteiger partial charge in [-0.2, -0.15) is 0 Å². The molecule has 0 saturated carbocycles. The highest BCUT2D eigenvalue weighted by Gasteiger charge is 2.17. The number of methoxy groups -OCH3 is 1. The molecule has 9 heteroatoms. The summed E-state index contributed by atoms with van der Waals surface area (Å²) in [6.07, 6.45) is 0. The first-order valence-corrected chi connectivity index (χ1v) is 10.6. The summed E-state index contributed by atoms with van der Waals surface area (Å²) in [5, 5.41) is 11.4. The zero-order valence-electron chi connectivity index (χ0n) is 17.9. The molecule has 0 aliphatic carbocycles.